The molecular formula is C13H20INO5S. The third-order valence-corrected chi connectivity index (χ3v) is 4.66. The highest BCUT2D eigenvalue weighted by Gasteiger charge is 2.12. The van der Waals surface area contributed by atoms with Crippen molar-refractivity contribution in [3.8, 4) is 0 Å². The molecule has 0 bridgehead atoms. The lowest BCUT2D eigenvalue weighted by atomic mass is 10.4. The van der Waals surface area contributed by atoms with Gasteiger partial charge in [0.1, 0.15) is 0 Å². The van der Waals surface area contributed by atoms with E-state index < -0.39 is 10.0 Å². The molecule has 0 fully saturated rings. The van der Waals surface area contributed by atoms with Crippen molar-refractivity contribution in [1.29, 1.82) is 0 Å². The van der Waals surface area contributed by atoms with Crippen LogP contribution in [0.5, 0.6) is 0 Å². The van der Waals surface area contributed by atoms with E-state index in [4.69, 9.17) is 14.2 Å². The lowest BCUT2D eigenvalue weighted by Crippen LogP contribution is -2.27. The molecule has 0 spiro atoms. The van der Waals surface area contributed by atoms with Crippen LogP contribution >= 0.6 is 22.6 Å². The molecule has 1 rings (SSSR count). The number of sulfonamides is 1. The molecule has 1 aromatic carbocycles. The van der Waals surface area contributed by atoms with E-state index in [0.29, 0.717) is 33.0 Å². The number of halogens is 1. The minimum atomic E-state index is -3.46. The Labute approximate surface area is 139 Å². The van der Waals surface area contributed by atoms with Crippen molar-refractivity contribution in [3.63, 3.8) is 0 Å². The van der Waals surface area contributed by atoms with E-state index in [0.717, 1.165) is 3.57 Å². The molecule has 120 valence electrons. The Morgan fingerprint density at radius 2 is 1.57 bits per heavy atom. The maximum Gasteiger partial charge on any atom is 0.240 e. The lowest BCUT2D eigenvalue weighted by molar-refractivity contribution is 0.0262. The summed E-state index contributed by atoms with van der Waals surface area (Å²) in [6, 6.07) is 6.66. The van der Waals surface area contributed by atoms with Crippen LogP contribution in [-0.2, 0) is 24.2 Å². The fourth-order valence-electron chi connectivity index (χ4n) is 1.41. The van der Waals surface area contributed by atoms with E-state index in [2.05, 4.69) is 27.3 Å². The second kappa shape index (κ2) is 10.5. The molecule has 0 radical (unpaired) electrons. The van der Waals surface area contributed by atoms with Gasteiger partial charge in [-0.25, -0.2) is 13.1 Å². The molecule has 8 heteroatoms. The normalized spacial score (nSPS) is 11.7. The Morgan fingerprint density at radius 3 is 2.19 bits per heavy atom. The molecule has 0 amide bonds. The fourth-order valence-corrected chi connectivity index (χ4v) is 2.78. The fraction of sp³-hybridized carbons (Fsp3) is 0.538. The van der Waals surface area contributed by atoms with Crippen LogP contribution in [0.4, 0.5) is 0 Å². The number of hydrogen-bond donors (Lipinski definition) is 1. The highest BCUT2D eigenvalue weighted by Crippen LogP contribution is 2.11. The largest absolute Gasteiger partial charge is 0.382 e. The first-order valence-corrected chi connectivity index (χ1v) is 9.02. The van der Waals surface area contributed by atoms with Gasteiger partial charge in [-0.05, 0) is 46.9 Å². The first-order valence-electron chi connectivity index (χ1n) is 6.46. The van der Waals surface area contributed by atoms with Gasteiger partial charge in [-0.15, -0.1) is 0 Å². The monoisotopic (exact) mass is 429 g/mol. The molecule has 1 aromatic rings. The third kappa shape index (κ3) is 8.07. The van der Waals surface area contributed by atoms with Crippen LogP contribution in [0.15, 0.2) is 29.2 Å². The maximum atomic E-state index is 11.9. The maximum absolute atomic E-state index is 11.9. The SMILES string of the molecule is COCCOCCOCCNS(=O)(=O)c1ccc(I)cc1. The van der Waals surface area contributed by atoms with Crippen molar-refractivity contribution >= 4 is 32.6 Å². The standard InChI is InChI=1S/C13H20INO5S/c1-18-8-9-20-11-10-19-7-6-15-21(16,17)13-4-2-12(14)3-5-13/h2-5,15H,6-11H2,1H3. The van der Waals surface area contributed by atoms with E-state index in [1.165, 1.54) is 0 Å². The van der Waals surface area contributed by atoms with Crippen LogP contribution in [0, 0.1) is 3.57 Å². The van der Waals surface area contributed by atoms with Gasteiger partial charge in [-0.2, -0.15) is 0 Å². The Bertz CT molecular complexity index is 492. The Morgan fingerprint density at radius 1 is 1.00 bits per heavy atom. The molecule has 0 atom stereocenters. The third-order valence-electron chi connectivity index (χ3n) is 2.47. The molecular weight excluding hydrogens is 409 g/mol. The van der Waals surface area contributed by atoms with Gasteiger partial charge in [0.15, 0.2) is 0 Å². The molecule has 0 aromatic heterocycles. The molecule has 6 nitrogen and oxygen atoms in total. The van der Waals surface area contributed by atoms with Gasteiger partial charge in [0.05, 0.1) is 37.9 Å². The summed E-state index contributed by atoms with van der Waals surface area (Å²) in [7, 11) is -1.85. The number of methoxy groups -OCH3 is 1. The molecule has 0 aliphatic rings. The first-order chi connectivity index (χ1) is 10.1. The van der Waals surface area contributed by atoms with E-state index in [9.17, 15) is 8.42 Å². The molecule has 0 aliphatic heterocycles. The molecule has 0 saturated carbocycles. The summed E-state index contributed by atoms with van der Waals surface area (Å²) in [6.07, 6.45) is 0. The van der Waals surface area contributed by atoms with Gasteiger partial charge in [0, 0.05) is 17.2 Å². The van der Waals surface area contributed by atoms with Gasteiger partial charge >= 0.3 is 0 Å². The molecule has 0 aliphatic carbocycles. The van der Waals surface area contributed by atoms with Crippen molar-refractivity contribution in [2.75, 3.05) is 46.7 Å². The van der Waals surface area contributed by atoms with Crippen LogP contribution in [0.3, 0.4) is 0 Å². The molecule has 0 saturated heterocycles. The van der Waals surface area contributed by atoms with Crippen LogP contribution in [0.1, 0.15) is 0 Å². The van der Waals surface area contributed by atoms with Crippen molar-refractivity contribution in [2.45, 2.75) is 4.90 Å². The van der Waals surface area contributed by atoms with Gasteiger partial charge in [-0.1, -0.05) is 0 Å². The van der Waals surface area contributed by atoms with Gasteiger partial charge < -0.3 is 14.2 Å². The van der Waals surface area contributed by atoms with Crippen LogP contribution < -0.4 is 4.72 Å². The van der Waals surface area contributed by atoms with Crippen LogP contribution in [-0.4, -0.2) is 55.1 Å². The minimum absolute atomic E-state index is 0.229. The van der Waals surface area contributed by atoms with Crippen molar-refractivity contribution in [2.24, 2.45) is 0 Å². The Hall–Kier alpha value is -0.260. The highest BCUT2D eigenvalue weighted by molar-refractivity contribution is 14.1. The van der Waals surface area contributed by atoms with Gasteiger partial charge in [-0.3, -0.25) is 0 Å². The molecule has 1 N–H and O–H groups in total. The predicted octanol–water partition coefficient (Wildman–Crippen LogP) is 1.25. The molecule has 0 unspecified atom stereocenters. The Balaban J connectivity index is 2.15. The second-order valence-electron chi connectivity index (χ2n) is 4.07. The topological polar surface area (TPSA) is 73.9 Å². The zero-order chi connectivity index (χ0) is 15.6. The molecule has 0 heterocycles. The van der Waals surface area contributed by atoms with Crippen LogP contribution in [0.25, 0.3) is 0 Å². The van der Waals surface area contributed by atoms with Crippen molar-refractivity contribution < 1.29 is 22.6 Å². The smallest absolute Gasteiger partial charge is 0.240 e. The van der Waals surface area contributed by atoms with E-state index >= 15 is 0 Å². The Kier molecular flexibility index (Phi) is 9.36. The van der Waals surface area contributed by atoms with E-state index in [1.54, 1.807) is 31.4 Å². The predicted molar refractivity (Wildman–Crippen MR) is 87.9 cm³/mol. The molecule has 21 heavy (non-hydrogen) atoms. The van der Waals surface area contributed by atoms with E-state index in [1.807, 2.05) is 0 Å². The average Bonchev–Trinajstić information content (AvgIpc) is 2.46. The first kappa shape index (κ1) is 18.8. The van der Waals surface area contributed by atoms with E-state index in [-0.39, 0.29) is 11.4 Å². The summed E-state index contributed by atoms with van der Waals surface area (Å²) in [6.45, 7) is 2.50. The number of ether oxygens (including phenoxy) is 3. The minimum Gasteiger partial charge on any atom is -0.382 e. The zero-order valence-corrected chi connectivity index (χ0v) is 14.9. The van der Waals surface area contributed by atoms with Crippen LogP contribution in [0.2, 0.25) is 0 Å². The van der Waals surface area contributed by atoms with Gasteiger partial charge in [0.25, 0.3) is 0 Å². The summed E-state index contributed by atoms with van der Waals surface area (Å²) in [5, 5.41) is 0. The number of hydrogen-bond acceptors (Lipinski definition) is 5. The lowest BCUT2D eigenvalue weighted by Gasteiger charge is -2.08. The number of rotatable bonds is 11. The average molecular weight is 429 g/mol. The zero-order valence-electron chi connectivity index (χ0n) is 11.9. The quantitative estimate of drug-likeness (QED) is 0.424. The highest BCUT2D eigenvalue weighted by atomic mass is 127. The van der Waals surface area contributed by atoms with Crippen molar-refractivity contribution in [3.05, 3.63) is 27.8 Å². The summed E-state index contributed by atoms with van der Waals surface area (Å²) in [5.74, 6) is 0. The summed E-state index contributed by atoms with van der Waals surface area (Å²) >= 11 is 2.13. The summed E-state index contributed by atoms with van der Waals surface area (Å²) in [5.41, 5.74) is 0. The summed E-state index contributed by atoms with van der Waals surface area (Å²) < 4.78 is 42.7. The second-order valence-corrected chi connectivity index (χ2v) is 7.08. The van der Waals surface area contributed by atoms with Gasteiger partial charge in [0.2, 0.25) is 10.0 Å². The number of nitrogens with one attached hydrogen (secondary N) is 1. The summed E-state index contributed by atoms with van der Waals surface area (Å²) in [4.78, 5) is 0.255. The van der Waals surface area contributed by atoms with Crippen molar-refractivity contribution in [1.82, 2.24) is 4.72 Å². The number of benzene rings is 1.